The van der Waals surface area contributed by atoms with Crippen LogP contribution in [0.1, 0.15) is 57.8 Å². The molecular weight excluding hydrogens is 268 g/mol. The highest BCUT2D eigenvalue weighted by molar-refractivity contribution is 5.02. The summed E-state index contributed by atoms with van der Waals surface area (Å²) >= 11 is 0. The predicted molar refractivity (Wildman–Crippen MR) is 70.3 cm³/mol. The maximum atomic E-state index is 14.8. The van der Waals surface area contributed by atoms with Crippen molar-refractivity contribution >= 4 is 0 Å². The zero-order valence-electron chi connectivity index (χ0n) is 11.8. The summed E-state index contributed by atoms with van der Waals surface area (Å²) in [4.78, 5) is 0. The molecule has 5 unspecified atom stereocenters. The first-order valence-corrected chi connectivity index (χ1v) is 8.17. The molecule has 0 heterocycles. The van der Waals surface area contributed by atoms with Crippen LogP contribution < -0.4 is 0 Å². The summed E-state index contributed by atoms with van der Waals surface area (Å²) in [5.74, 6) is -5.40. The molecule has 3 saturated carbocycles. The topological polar surface area (TPSA) is 0 Å². The summed E-state index contributed by atoms with van der Waals surface area (Å²) in [6, 6.07) is 0. The molecule has 0 amide bonds. The summed E-state index contributed by atoms with van der Waals surface area (Å²) in [6.45, 7) is 0. The van der Waals surface area contributed by atoms with Gasteiger partial charge in [-0.3, -0.25) is 0 Å². The molecule has 116 valence electrons. The molecule has 4 heteroatoms. The summed E-state index contributed by atoms with van der Waals surface area (Å²) < 4.78 is 57.3. The van der Waals surface area contributed by atoms with Crippen LogP contribution in [-0.2, 0) is 0 Å². The molecule has 0 aromatic carbocycles. The average molecular weight is 292 g/mol. The SMILES string of the molecule is FC1CCC2CCC(C3CCCCC3)C(F)(F)C2C1F. The van der Waals surface area contributed by atoms with Gasteiger partial charge in [0.15, 0.2) is 0 Å². The van der Waals surface area contributed by atoms with Crippen molar-refractivity contribution in [2.24, 2.45) is 23.7 Å². The van der Waals surface area contributed by atoms with Crippen LogP contribution in [0.5, 0.6) is 0 Å². The van der Waals surface area contributed by atoms with Gasteiger partial charge in [0.2, 0.25) is 0 Å². The van der Waals surface area contributed by atoms with Crippen LogP contribution in [0, 0.1) is 23.7 Å². The van der Waals surface area contributed by atoms with Crippen LogP contribution in [0.2, 0.25) is 0 Å². The quantitative estimate of drug-likeness (QED) is 0.574. The highest BCUT2D eigenvalue weighted by Gasteiger charge is 2.60. The summed E-state index contributed by atoms with van der Waals surface area (Å²) in [7, 11) is 0. The normalized spacial score (nSPS) is 45.9. The van der Waals surface area contributed by atoms with E-state index in [9.17, 15) is 17.6 Å². The molecule has 0 radical (unpaired) electrons. The lowest BCUT2D eigenvalue weighted by Crippen LogP contribution is -2.55. The number of rotatable bonds is 1. The molecule has 0 spiro atoms. The van der Waals surface area contributed by atoms with E-state index in [1.165, 1.54) is 0 Å². The molecule has 5 atom stereocenters. The third kappa shape index (κ3) is 2.37. The first-order valence-electron chi connectivity index (χ1n) is 8.17. The zero-order valence-corrected chi connectivity index (χ0v) is 11.8. The van der Waals surface area contributed by atoms with Gasteiger partial charge in [0.05, 0.1) is 5.92 Å². The predicted octanol–water partition coefficient (Wildman–Crippen LogP) is 5.31. The van der Waals surface area contributed by atoms with Crippen molar-refractivity contribution in [2.75, 3.05) is 0 Å². The largest absolute Gasteiger partial charge is 0.257 e. The van der Waals surface area contributed by atoms with Crippen molar-refractivity contribution in [2.45, 2.75) is 76.1 Å². The Labute approximate surface area is 118 Å². The highest BCUT2D eigenvalue weighted by Crippen LogP contribution is 2.56. The number of fused-ring (bicyclic) bond motifs is 1. The van der Waals surface area contributed by atoms with Gasteiger partial charge in [-0.15, -0.1) is 0 Å². The van der Waals surface area contributed by atoms with E-state index in [-0.39, 0.29) is 18.3 Å². The Balaban J connectivity index is 1.80. The second kappa shape index (κ2) is 5.49. The van der Waals surface area contributed by atoms with E-state index >= 15 is 0 Å². The van der Waals surface area contributed by atoms with Gasteiger partial charge in [-0.2, -0.15) is 0 Å². The van der Waals surface area contributed by atoms with E-state index in [1.54, 1.807) is 0 Å². The van der Waals surface area contributed by atoms with Crippen LogP contribution in [-0.4, -0.2) is 18.3 Å². The van der Waals surface area contributed by atoms with Crippen LogP contribution in [0.3, 0.4) is 0 Å². The Morgan fingerprint density at radius 3 is 2.05 bits per heavy atom. The van der Waals surface area contributed by atoms with Gasteiger partial charge in [0.25, 0.3) is 5.92 Å². The molecule has 3 aliphatic carbocycles. The van der Waals surface area contributed by atoms with Gasteiger partial charge in [-0.25, -0.2) is 17.6 Å². The lowest BCUT2D eigenvalue weighted by molar-refractivity contribution is -0.208. The molecule has 3 fully saturated rings. The number of hydrogen-bond donors (Lipinski definition) is 0. The minimum absolute atomic E-state index is 0.0203. The van der Waals surface area contributed by atoms with Gasteiger partial charge in [0.1, 0.15) is 12.3 Å². The third-order valence-electron chi connectivity index (χ3n) is 6.02. The first kappa shape index (κ1) is 14.6. The van der Waals surface area contributed by atoms with Crippen molar-refractivity contribution in [3.05, 3.63) is 0 Å². The molecule has 0 N–H and O–H groups in total. The second-order valence-corrected chi connectivity index (χ2v) is 7.08. The molecule has 0 nitrogen and oxygen atoms in total. The highest BCUT2D eigenvalue weighted by atomic mass is 19.3. The average Bonchev–Trinajstić information content (AvgIpc) is 2.43. The molecule has 0 aromatic rings. The molecule has 0 aromatic heterocycles. The fraction of sp³-hybridized carbons (Fsp3) is 1.00. The molecule has 0 bridgehead atoms. The first-order chi connectivity index (χ1) is 9.51. The monoisotopic (exact) mass is 292 g/mol. The molecule has 3 aliphatic rings. The maximum absolute atomic E-state index is 14.8. The van der Waals surface area contributed by atoms with Gasteiger partial charge < -0.3 is 0 Å². The lowest BCUT2D eigenvalue weighted by Gasteiger charge is -2.50. The van der Waals surface area contributed by atoms with E-state index in [1.807, 2.05) is 0 Å². The molecule has 3 rings (SSSR count). The summed E-state index contributed by atoms with van der Waals surface area (Å²) in [5.41, 5.74) is 0. The van der Waals surface area contributed by atoms with E-state index in [0.29, 0.717) is 19.3 Å². The standard InChI is InChI=1S/C16H24F4/c17-13-9-7-11-6-8-12(10-4-2-1-3-5-10)16(19,20)14(11)15(13)18/h10-15H,1-9H2. The summed E-state index contributed by atoms with van der Waals surface area (Å²) in [6.07, 6.45) is 2.89. The number of alkyl halides is 4. The van der Waals surface area contributed by atoms with Gasteiger partial charge in [-0.05, 0) is 50.4 Å². The minimum atomic E-state index is -3.02. The maximum Gasteiger partial charge on any atom is 0.257 e. The third-order valence-corrected chi connectivity index (χ3v) is 6.02. The van der Waals surface area contributed by atoms with Crippen LogP contribution in [0.15, 0.2) is 0 Å². The van der Waals surface area contributed by atoms with Crippen LogP contribution >= 0.6 is 0 Å². The Hall–Kier alpha value is -0.280. The summed E-state index contributed by atoms with van der Waals surface area (Å²) in [5, 5.41) is 0. The number of halogens is 4. The van der Waals surface area contributed by atoms with E-state index in [4.69, 9.17) is 0 Å². The minimum Gasteiger partial charge on any atom is -0.244 e. The molecule has 20 heavy (non-hydrogen) atoms. The fourth-order valence-corrected chi connectivity index (χ4v) is 4.97. The fourth-order valence-electron chi connectivity index (χ4n) is 4.97. The number of hydrogen-bond acceptors (Lipinski definition) is 0. The molecular formula is C16H24F4. The van der Waals surface area contributed by atoms with Crippen LogP contribution in [0.4, 0.5) is 17.6 Å². The van der Waals surface area contributed by atoms with Crippen molar-refractivity contribution in [3.8, 4) is 0 Å². The van der Waals surface area contributed by atoms with E-state index < -0.39 is 30.1 Å². The molecule has 0 saturated heterocycles. The van der Waals surface area contributed by atoms with Crippen molar-refractivity contribution < 1.29 is 17.6 Å². The van der Waals surface area contributed by atoms with Crippen LogP contribution in [0.25, 0.3) is 0 Å². The van der Waals surface area contributed by atoms with Crippen molar-refractivity contribution in [1.82, 2.24) is 0 Å². The van der Waals surface area contributed by atoms with Crippen molar-refractivity contribution in [3.63, 3.8) is 0 Å². The van der Waals surface area contributed by atoms with Gasteiger partial charge in [0, 0.05) is 5.92 Å². The Kier molecular flexibility index (Phi) is 4.02. The van der Waals surface area contributed by atoms with E-state index in [2.05, 4.69) is 0 Å². The van der Waals surface area contributed by atoms with Gasteiger partial charge in [-0.1, -0.05) is 19.3 Å². The Bertz CT molecular complexity index is 335. The Morgan fingerprint density at radius 2 is 1.35 bits per heavy atom. The van der Waals surface area contributed by atoms with E-state index in [0.717, 1.165) is 32.1 Å². The zero-order chi connectivity index (χ0) is 14.3. The van der Waals surface area contributed by atoms with Crippen molar-refractivity contribution in [1.29, 1.82) is 0 Å². The lowest BCUT2D eigenvalue weighted by atomic mass is 9.60. The van der Waals surface area contributed by atoms with Gasteiger partial charge >= 0.3 is 0 Å². The second-order valence-electron chi connectivity index (χ2n) is 7.08. The molecule has 0 aliphatic heterocycles. The smallest absolute Gasteiger partial charge is 0.244 e. The Morgan fingerprint density at radius 1 is 0.700 bits per heavy atom.